The summed E-state index contributed by atoms with van der Waals surface area (Å²) in [6.45, 7) is 6.73. The molecule has 0 aliphatic carbocycles. The van der Waals surface area contributed by atoms with Crippen molar-refractivity contribution in [1.29, 1.82) is 0 Å². The van der Waals surface area contributed by atoms with Gasteiger partial charge in [0.1, 0.15) is 0 Å². The second kappa shape index (κ2) is 14.9. The van der Waals surface area contributed by atoms with Crippen molar-refractivity contribution in [2.75, 3.05) is 6.61 Å². The molecule has 0 amide bonds. The Morgan fingerprint density at radius 3 is 2.09 bits per heavy atom. The highest BCUT2D eigenvalue weighted by Crippen LogP contribution is 2.08. The fourth-order valence-corrected chi connectivity index (χ4v) is 2.16. The van der Waals surface area contributed by atoms with E-state index >= 15 is 0 Å². The summed E-state index contributed by atoms with van der Waals surface area (Å²) in [7, 11) is 0. The average Bonchev–Trinajstić information content (AvgIpc) is 2.49. The van der Waals surface area contributed by atoms with Crippen LogP contribution in [0.3, 0.4) is 0 Å². The van der Waals surface area contributed by atoms with Gasteiger partial charge in [-0.3, -0.25) is 9.59 Å². The molecule has 130 valence electrons. The first-order valence-electron chi connectivity index (χ1n) is 8.95. The molecule has 0 radical (unpaired) electrons. The lowest BCUT2D eigenvalue weighted by molar-refractivity contribution is -0.149. The Bertz CT molecular complexity index is 289. The summed E-state index contributed by atoms with van der Waals surface area (Å²) < 4.78 is 10.5. The van der Waals surface area contributed by atoms with E-state index in [1.807, 2.05) is 6.92 Å². The van der Waals surface area contributed by atoms with Gasteiger partial charge in [-0.1, -0.05) is 46.0 Å². The maximum Gasteiger partial charge on any atom is 0.306 e. The van der Waals surface area contributed by atoms with Crippen LogP contribution in [-0.4, -0.2) is 24.6 Å². The largest absolute Gasteiger partial charge is 0.466 e. The minimum Gasteiger partial charge on any atom is -0.466 e. The van der Waals surface area contributed by atoms with E-state index in [1.54, 1.807) is 0 Å². The van der Waals surface area contributed by atoms with Crippen LogP contribution in [0.15, 0.2) is 0 Å². The van der Waals surface area contributed by atoms with Gasteiger partial charge >= 0.3 is 11.9 Å². The minimum absolute atomic E-state index is 0.000496. The first-order valence-corrected chi connectivity index (χ1v) is 8.95. The second-order valence-electron chi connectivity index (χ2n) is 5.93. The molecule has 0 saturated heterocycles. The first kappa shape index (κ1) is 20.9. The van der Waals surface area contributed by atoms with E-state index in [2.05, 4.69) is 13.8 Å². The van der Waals surface area contributed by atoms with Gasteiger partial charge in [0.2, 0.25) is 0 Å². The second-order valence-corrected chi connectivity index (χ2v) is 5.93. The molecule has 0 bridgehead atoms. The van der Waals surface area contributed by atoms with Gasteiger partial charge in [-0.15, -0.1) is 0 Å². The molecule has 0 spiro atoms. The topological polar surface area (TPSA) is 52.6 Å². The zero-order valence-corrected chi connectivity index (χ0v) is 14.7. The van der Waals surface area contributed by atoms with Gasteiger partial charge in [0.25, 0.3) is 0 Å². The molecule has 4 nitrogen and oxygen atoms in total. The van der Waals surface area contributed by atoms with E-state index in [1.165, 1.54) is 12.8 Å². The molecule has 0 fully saturated rings. The highest BCUT2D eigenvalue weighted by Gasteiger charge is 2.09. The molecule has 0 heterocycles. The van der Waals surface area contributed by atoms with Crippen molar-refractivity contribution in [3.05, 3.63) is 0 Å². The summed E-state index contributed by atoms with van der Waals surface area (Å²) in [5.74, 6) is -0.308. The summed E-state index contributed by atoms with van der Waals surface area (Å²) in [5.41, 5.74) is 0. The Balaban J connectivity index is 3.46. The van der Waals surface area contributed by atoms with Crippen molar-refractivity contribution in [1.82, 2.24) is 0 Å². The van der Waals surface area contributed by atoms with E-state index in [0.29, 0.717) is 32.3 Å². The number of hydrogen-bond donors (Lipinski definition) is 0. The van der Waals surface area contributed by atoms with Crippen molar-refractivity contribution in [3.63, 3.8) is 0 Å². The Labute approximate surface area is 135 Å². The number of hydrogen-bond acceptors (Lipinski definition) is 4. The predicted molar refractivity (Wildman–Crippen MR) is 88.6 cm³/mol. The van der Waals surface area contributed by atoms with Gasteiger partial charge in [0.05, 0.1) is 12.7 Å². The minimum atomic E-state index is -0.156. The lowest BCUT2D eigenvalue weighted by Crippen LogP contribution is -2.14. The number of ether oxygens (including phenoxy) is 2. The Morgan fingerprint density at radius 2 is 1.45 bits per heavy atom. The quantitative estimate of drug-likeness (QED) is 0.341. The van der Waals surface area contributed by atoms with Gasteiger partial charge in [-0.2, -0.15) is 0 Å². The van der Waals surface area contributed by atoms with Crippen molar-refractivity contribution in [2.24, 2.45) is 0 Å². The number of carbonyl (C=O) groups excluding carboxylic acids is 2. The van der Waals surface area contributed by atoms with Crippen LogP contribution < -0.4 is 0 Å². The maximum atomic E-state index is 11.6. The van der Waals surface area contributed by atoms with Crippen LogP contribution in [0.5, 0.6) is 0 Å². The lowest BCUT2D eigenvalue weighted by Gasteiger charge is -2.12. The molecular weight excluding hydrogens is 280 g/mol. The standard InChI is InChI=1S/C18H34O4/c1-4-6-8-11-15-21-17(19)13-9-10-14-18(20)22-16(3)12-7-5-2/h16H,4-15H2,1-3H3. The average molecular weight is 314 g/mol. The highest BCUT2D eigenvalue weighted by atomic mass is 16.5. The Kier molecular flexibility index (Phi) is 14.1. The van der Waals surface area contributed by atoms with Gasteiger partial charge < -0.3 is 9.47 Å². The monoisotopic (exact) mass is 314 g/mol. The molecule has 1 atom stereocenters. The fourth-order valence-electron chi connectivity index (χ4n) is 2.16. The molecule has 0 saturated carbocycles. The van der Waals surface area contributed by atoms with Crippen molar-refractivity contribution < 1.29 is 19.1 Å². The van der Waals surface area contributed by atoms with E-state index in [9.17, 15) is 9.59 Å². The van der Waals surface area contributed by atoms with Crippen LogP contribution in [0.1, 0.15) is 91.4 Å². The molecular formula is C18H34O4. The summed E-state index contributed by atoms with van der Waals surface area (Å²) in [4.78, 5) is 23.1. The summed E-state index contributed by atoms with van der Waals surface area (Å²) >= 11 is 0. The zero-order chi connectivity index (χ0) is 16.6. The predicted octanol–water partition coefficient (Wildman–Crippen LogP) is 4.79. The van der Waals surface area contributed by atoms with E-state index in [-0.39, 0.29) is 18.0 Å². The first-order chi connectivity index (χ1) is 10.6. The number of carbonyl (C=O) groups is 2. The fraction of sp³-hybridized carbons (Fsp3) is 0.889. The van der Waals surface area contributed by atoms with Gasteiger partial charge in [0.15, 0.2) is 0 Å². The third kappa shape index (κ3) is 13.9. The SMILES string of the molecule is CCCCCCOC(=O)CCCCC(=O)OC(C)CCCC. The smallest absolute Gasteiger partial charge is 0.306 e. The molecule has 0 aromatic carbocycles. The lowest BCUT2D eigenvalue weighted by atomic mass is 10.2. The molecule has 22 heavy (non-hydrogen) atoms. The van der Waals surface area contributed by atoms with Crippen molar-refractivity contribution in [3.8, 4) is 0 Å². The molecule has 1 unspecified atom stereocenters. The van der Waals surface area contributed by atoms with Crippen LogP contribution in [0.2, 0.25) is 0 Å². The molecule has 0 aliphatic rings. The van der Waals surface area contributed by atoms with Crippen LogP contribution in [0.4, 0.5) is 0 Å². The van der Waals surface area contributed by atoms with Crippen LogP contribution in [-0.2, 0) is 19.1 Å². The summed E-state index contributed by atoms with van der Waals surface area (Å²) in [6, 6.07) is 0. The molecule has 0 N–H and O–H groups in total. The zero-order valence-electron chi connectivity index (χ0n) is 14.7. The molecule has 0 rings (SSSR count). The van der Waals surface area contributed by atoms with Crippen molar-refractivity contribution >= 4 is 11.9 Å². The number of esters is 2. The third-order valence-corrected chi connectivity index (χ3v) is 3.57. The number of unbranched alkanes of at least 4 members (excludes halogenated alkanes) is 5. The maximum absolute atomic E-state index is 11.6. The van der Waals surface area contributed by atoms with E-state index in [4.69, 9.17) is 9.47 Å². The van der Waals surface area contributed by atoms with E-state index < -0.39 is 0 Å². The Morgan fingerprint density at radius 1 is 0.818 bits per heavy atom. The van der Waals surface area contributed by atoms with Crippen LogP contribution in [0, 0.1) is 0 Å². The molecule has 4 heteroatoms. The van der Waals surface area contributed by atoms with Crippen molar-refractivity contribution in [2.45, 2.75) is 97.5 Å². The number of rotatable bonds is 14. The van der Waals surface area contributed by atoms with E-state index in [0.717, 1.165) is 32.1 Å². The normalized spacial score (nSPS) is 12.0. The van der Waals surface area contributed by atoms with Crippen LogP contribution >= 0.6 is 0 Å². The summed E-state index contributed by atoms with van der Waals surface area (Å²) in [5, 5.41) is 0. The molecule has 0 aromatic heterocycles. The Hall–Kier alpha value is -1.06. The highest BCUT2D eigenvalue weighted by molar-refractivity contribution is 5.70. The van der Waals surface area contributed by atoms with Gasteiger partial charge in [-0.05, 0) is 32.6 Å². The summed E-state index contributed by atoms with van der Waals surface area (Å²) in [6.07, 6.45) is 9.71. The van der Waals surface area contributed by atoms with Gasteiger partial charge in [0, 0.05) is 12.8 Å². The molecule has 0 aromatic rings. The van der Waals surface area contributed by atoms with Crippen LogP contribution in [0.25, 0.3) is 0 Å². The van der Waals surface area contributed by atoms with Gasteiger partial charge in [-0.25, -0.2) is 0 Å². The third-order valence-electron chi connectivity index (χ3n) is 3.57. The molecule has 0 aliphatic heterocycles.